The minimum atomic E-state index is -0.771. The van der Waals surface area contributed by atoms with Crippen molar-refractivity contribution < 1.29 is 14.7 Å². The lowest BCUT2D eigenvalue weighted by molar-refractivity contribution is -0.152. The fourth-order valence-corrected chi connectivity index (χ4v) is 2.40. The molecule has 19 heavy (non-hydrogen) atoms. The number of rotatable bonds is 5. The van der Waals surface area contributed by atoms with Gasteiger partial charge in [0.25, 0.3) is 0 Å². The van der Waals surface area contributed by atoms with Crippen LogP contribution in [-0.4, -0.2) is 47.6 Å². The smallest absolute Gasteiger partial charge is 0.310 e. The Bertz CT molecular complexity index is 344. The number of amides is 1. The SMILES string of the molecule is CC(C)CNC(=O)C(C)N1CCCC(C)(C(=O)O)C1. The molecule has 1 aliphatic rings. The van der Waals surface area contributed by atoms with Crippen molar-refractivity contribution in [2.24, 2.45) is 11.3 Å². The molecule has 2 atom stereocenters. The molecule has 2 N–H and O–H groups in total. The van der Waals surface area contributed by atoms with E-state index in [0.717, 1.165) is 13.0 Å². The van der Waals surface area contributed by atoms with E-state index in [0.29, 0.717) is 25.4 Å². The van der Waals surface area contributed by atoms with Gasteiger partial charge in [-0.1, -0.05) is 13.8 Å². The number of nitrogens with one attached hydrogen (secondary N) is 1. The van der Waals surface area contributed by atoms with E-state index < -0.39 is 11.4 Å². The maximum absolute atomic E-state index is 12.0. The highest BCUT2D eigenvalue weighted by molar-refractivity contribution is 5.81. The van der Waals surface area contributed by atoms with Gasteiger partial charge in [0.15, 0.2) is 0 Å². The third-order valence-corrected chi connectivity index (χ3v) is 3.85. The summed E-state index contributed by atoms with van der Waals surface area (Å²) < 4.78 is 0. The zero-order valence-corrected chi connectivity index (χ0v) is 12.4. The fraction of sp³-hybridized carbons (Fsp3) is 0.857. The second-order valence-electron chi connectivity index (χ2n) is 6.25. The molecule has 1 rings (SSSR count). The summed E-state index contributed by atoms with van der Waals surface area (Å²) in [6.45, 7) is 9.61. The van der Waals surface area contributed by atoms with Crippen LogP contribution in [0.25, 0.3) is 0 Å². The third kappa shape index (κ3) is 4.20. The van der Waals surface area contributed by atoms with Crippen LogP contribution in [0.15, 0.2) is 0 Å². The first kappa shape index (κ1) is 16.0. The first-order valence-electron chi connectivity index (χ1n) is 7.01. The highest BCUT2D eigenvalue weighted by atomic mass is 16.4. The first-order chi connectivity index (χ1) is 8.76. The lowest BCUT2D eigenvalue weighted by Gasteiger charge is -2.40. The van der Waals surface area contributed by atoms with Crippen molar-refractivity contribution in [1.82, 2.24) is 10.2 Å². The van der Waals surface area contributed by atoms with E-state index in [1.165, 1.54) is 0 Å². The topological polar surface area (TPSA) is 69.6 Å². The van der Waals surface area contributed by atoms with E-state index in [2.05, 4.69) is 5.32 Å². The van der Waals surface area contributed by atoms with Gasteiger partial charge in [-0.3, -0.25) is 14.5 Å². The molecule has 0 aromatic carbocycles. The number of hydrogen-bond acceptors (Lipinski definition) is 3. The van der Waals surface area contributed by atoms with Crippen molar-refractivity contribution in [3.05, 3.63) is 0 Å². The van der Waals surface area contributed by atoms with E-state index in [1.807, 2.05) is 25.7 Å². The van der Waals surface area contributed by atoms with Gasteiger partial charge >= 0.3 is 5.97 Å². The minimum Gasteiger partial charge on any atom is -0.481 e. The molecule has 0 spiro atoms. The maximum atomic E-state index is 12.0. The van der Waals surface area contributed by atoms with Gasteiger partial charge in [-0.15, -0.1) is 0 Å². The van der Waals surface area contributed by atoms with Gasteiger partial charge in [0.1, 0.15) is 0 Å². The number of hydrogen-bond donors (Lipinski definition) is 2. The summed E-state index contributed by atoms with van der Waals surface area (Å²) in [5.41, 5.74) is -0.731. The molecule has 5 nitrogen and oxygen atoms in total. The van der Waals surface area contributed by atoms with Crippen molar-refractivity contribution in [2.75, 3.05) is 19.6 Å². The minimum absolute atomic E-state index is 0.0108. The zero-order valence-electron chi connectivity index (χ0n) is 12.4. The van der Waals surface area contributed by atoms with Gasteiger partial charge in [-0.25, -0.2) is 0 Å². The summed E-state index contributed by atoms with van der Waals surface area (Å²) in [7, 11) is 0. The molecule has 1 heterocycles. The second-order valence-corrected chi connectivity index (χ2v) is 6.25. The van der Waals surface area contributed by atoms with Crippen LogP contribution in [0.1, 0.15) is 40.5 Å². The Kier molecular flexibility index (Phi) is 5.35. The number of carboxylic acid groups (broad SMARTS) is 1. The van der Waals surface area contributed by atoms with Crippen LogP contribution in [0.5, 0.6) is 0 Å². The molecule has 0 aliphatic carbocycles. The molecule has 5 heteroatoms. The molecule has 1 saturated heterocycles. The maximum Gasteiger partial charge on any atom is 0.310 e. The van der Waals surface area contributed by atoms with Crippen LogP contribution >= 0.6 is 0 Å². The molecule has 1 aliphatic heterocycles. The van der Waals surface area contributed by atoms with Crippen LogP contribution in [0, 0.1) is 11.3 Å². The zero-order chi connectivity index (χ0) is 14.6. The average molecular weight is 270 g/mol. The Morgan fingerprint density at radius 2 is 2.00 bits per heavy atom. The van der Waals surface area contributed by atoms with Crippen LogP contribution < -0.4 is 5.32 Å². The average Bonchev–Trinajstić information content (AvgIpc) is 2.34. The number of piperidine rings is 1. The molecule has 1 amide bonds. The lowest BCUT2D eigenvalue weighted by Crippen LogP contribution is -2.53. The van der Waals surface area contributed by atoms with Gasteiger partial charge in [0.05, 0.1) is 11.5 Å². The lowest BCUT2D eigenvalue weighted by atomic mass is 9.81. The van der Waals surface area contributed by atoms with Gasteiger partial charge in [0, 0.05) is 13.1 Å². The molecule has 1 fully saturated rings. The third-order valence-electron chi connectivity index (χ3n) is 3.85. The predicted octanol–water partition coefficient (Wildman–Crippen LogP) is 1.33. The molecule has 0 radical (unpaired) electrons. The summed E-state index contributed by atoms with van der Waals surface area (Å²) in [4.78, 5) is 25.3. The van der Waals surface area contributed by atoms with Crippen LogP contribution in [-0.2, 0) is 9.59 Å². The number of carbonyl (C=O) groups excluding carboxylic acids is 1. The quantitative estimate of drug-likeness (QED) is 0.791. The van der Waals surface area contributed by atoms with E-state index in [9.17, 15) is 14.7 Å². The summed E-state index contributed by atoms with van der Waals surface area (Å²) in [5, 5.41) is 12.2. The number of nitrogens with zero attached hydrogens (tertiary/aromatic N) is 1. The van der Waals surface area contributed by atoms with Crippen molar-refractivity contribution >= 4 is 11.9 Å². The molecule has 0 aromatic rings. The van der Waals surface area contributed by atoms with E-state index >= 15 is 0 Å². The van der Waals surface area contributed by atoms with E-state index in [1.54, 1.807) is 6.92 Å². The van der Waals surface area contributed by atoms with Gasteiger partial charge < -0.3 is 10.4 Å². The summed E-state index contributed by atoms with van der Waals surface area (Å²) >= 11 is 0. The number of likely N-dealkylation sites (tertiary alicyclic amines) is 1. The van der Waals surface area contributed by atoms with Crippen LogP contribution in [0.4, 0.5) is 0 Å². The highest BCUT2D eigenvalue weighted by Gasteiger charge is 2.40. The Labute approximate surface area is 115 Å². The number of aliphatic carboxylic acids is 1. The Hall–Kier alpha value is -1.10. The Balaban J connectivity index is 2.59. The van der Waals surface area contributed by atoms with Gasteiger partial charge in [-0.05, 0) is 39.2 Å². The molecule has 2 unspecified atom stereocenters. The van der Waals surface area contributed by atoms with Crippen molar-refractivity contribution in [2.45, 2.75) is 46.6 Å². The Morgan fingerprint density at radius 3 is 2.53 bits per heavy atom. The van der Waals surface area contributed by atoms with E-state index in [-0.39, 0.29) is 11.9 Å². The normalized spacial score (nSPS) is 26.2. The summed E-state index contributed by atoms with van der Waals surface area (Å²) in [6, 6.07) is -0.266. The van der Waals surface area contributed by atoms with Gasteiger partial charge in [0.2, 0.25) is 5.91 Å². The number of carboxylic acids is 1. The predicted molar refractivity (Wildman–Crippen MR) is 73.9 cm³/mol. The molecule has 0 bridgehead atoms. The molecular weight excluding hydrogens is 244 g/mol. The molecular formula is C14H26N2O3. The number of carbonyl (C=O) groups is 2. The summed E-state index contributed by atoms with van der Waals surface area (Å²) in [5.74, 6) is -0.364. The van der Waals surface area contributed by atoms with Crippen molar-refractivity contribution in [3.63, 3.8) is 0 Å². The van der Waals surface area contributed by atoms with Crippen molar-refractivity contribution in [1.29, 1.82) is 0 Å². The highest BCUT2D eigenvalue weighted by Crippen LogP contribution is 2.30. The standard InChI is InChI=1S/C14H26N2O3/c1-10(2)8-15-12(17)11(3)16-7-5-6-14(4,9-16)13(18)19/h10-11H,5-9H2,1-4H3,(H,15,17)(H,18,19). The molecule has 110 valence electrons. The van der Waals surface area contributed by atoms with Crippen molar-refractivity contribution in [3.8, 4) is 0 Å². The van der Waals surface area contributed by atoms with Crippen LogP contribution in [0.2, 0.25) is 0 Å². The van der Waals surface area contributed by atoms with Crippen LogP contribution in [0.3, 0.4) is 0 Å². The largest absolute Gasteiger partial charge is 0.481 e. The van der Waals surface area contributed by atoms with Gasteiger partial charge in [-0.2, -0.15) is 0 Å². The Morgan fingerprint density at radius 1 is 1.37 bits per heavy atom. The molecule has 0 saturated carbocycles. The monoisotopic (exact) mass is 270 g/mol. The fourth-order valence-electron chi connectivity index (χ4n) is 2.40. The summed E-state index contributed by atoms with van der Waals surface area (Å²) in [6.07, 6.45) is 1.50. The second kappa shape index (κ2) is 6.37. The van der Waals surface area contributed by atoms with E-state index in [4.69, 9.17) is 0 Å². The first-order valence-corrected chi connectivity index (χ1v) is 7.01. The molecule has 0 aromatic heterocycles.